The number of anilines is 1. The molecule has 0 aliphatic heterocycles. The largest absolute Gasteiger partial charge is 0.507 e. The molecule has 0 bridgehead atoms. The van der Waals surface area contributed by atoms with Crippen molar-refractivity contribution in [3.05, 3.63) is 59.2 Å². The molecule has 0 fully saturated rings. The van der Waals surface area contributed by atoms with Gasteiger partial charge in [0.15, 0.2) is 0 Å². The zero-order valence-electron chi connectivity index (χ0n) is 11.5. The number of phenolic OH excluding ortho intramolecular Hbond substituents is 1. The van der Waals surface area contributed by atoms with E-state index in [2.05, 4.69) is 5.32 Å². The number of amides is 1. The number of phenols is 1. The molecule has 5 heteroatoms. The molecule has 2 aromatic rings. The molecule has 0 aliphatic rings. The summed E-state index contributed by atoms with van der Waals surface area (Å²) in [6.45, 7) is 1.70. The lowest BCUT2D eigenvalue weighted by atomic mass is 10.1. The molecule has 0 heterocycles. The number of carboxylic acids is 1. The first-order valence-electron chi connectivity index (χ1n) is 6.38. The summed E-state index contributed by atoms with van der Waals surface area (Å²) >= 11 is 0. The first kappa shape index (κ1) is 14.6. The van der Waals surface area contributed by atoms with E-state index in [-0.39, 0.29) is 17.7 Å². The van der Waals surface area contributed by atoms with Crippen molar-refractivity contribution in [3.8, 4) is 5.75 Å². The minimum Gasteiger partial charge on any atom is -0.507 e. The first-order valence-corrected chi connectivity index (χ1v) is 6.38. The molecule has 0 aliphatic carbocycles. The Kier molecular flexibility index (Phi) is 4.23. The van der Waals surface area contributed by atoms with Crippen molar-refractivity contribution in [3.63, 3.8) is 0 Å². The van der Waals surface area contributed by atoms with E-state index >= 15 is 0 Å². The van der Waals surface area contributed by atoms with Gasteiger partial charge in [0.1, 0.15) is 5.75 Å². The topological polar surface area (TPSA) is 86.6 Å². The molecule has 2 aromatic carbocycles. The van der Waals surface area contributed by atoms with Crippen molar-refractivity contribution in [1.29, 1.82) is 0 Å². The van der Waals surface area contributed by atoms with Crippen molar-refractivity contribution in [2.24, 2.45) is 0 Å². The van der Waals surface area contributed by atoms with E-state index < -0.39 is 11.9 Å². The standard InChI is InChI=1S/C16H15NO4/c1-10-5-4-7-12(15(10)20)16(21)17-13-8-3-2-6-11(13)9-14(18)19/h2-8,20H,9H2,1H3,(H,17,21)(H,18,19). The number of carboxylic acid groups (broad SMARTS) is 1. The number of rotatable bonds is 4. The fourth-order valence-corrected chi connectivity index (χ4v) is 1.99. The molecule has 5 nitrogen and oxygen atoms in total. The van der Waals surface area contributed by atoms with Crippen LogP contribution in [0.5, 0.6) is 5.75 Å². The maximum Gasteiger partial charge on any atom is 0.307 e. The molecule has 0 radical (unpaired) electrons. The number of benzene rings is 2. The smallest absolute Gasteiger partial charge is 0.307 e. The van der Waals surface area contributed by atoms with Crippen LogP contribution in [-0.4, -0.2) is 22.1 Å². The van der Waals surface area contributed by atoms with Crippen LogP contribution >= 0.6 is 0 Å². The lowest BCUT2D eigenvalue weighted by molar-refractivity contribution is -0.136. The highest BCUT2D eigenvalue weighted by Gasteiger charge is 2.14. The van der Waals surface area contributed by atoms with Gasteiger partial charge < -0.3 is 15.5 Å². The van der Waals surface area contributed by atoms with Crippen LogP contribution in [0, 0.1) is 6.92 Å². The summed E-state index contributed by atoms with van der Waals surface area (Å²) in [5.74, 6) is -1.53. The maximum absolute atomic E-state index is 12.2. The van der Waals surface area contributed by atoms with Crippen LogP contribution < -0.4 is 5.32 Å². The fourth-order valence-electron chi connectivity index (χ4n) is 1.99. The number of hydrogen-bond acceptors (Lipinski definition) is 3. The molecule has 0 saturated heterocycles. The van der Waals surface area contributed by atoms with Gasteiger partial charge in [-0.05, 0) is 30.2 Å². The summed E-state index contributed by atoms with van der Waals surface area (Å²) in [6.07, 6.45) is -0.184. The van der Waals surface area contributed by atoms with Crippen LogP contribution in [0.1, 0.15) is 21.5 Å². The monoisotopic (exact) mass is 285 g/mol. The molecule has 21 heavy (non-hydrogen) atoms. The molecular weight excluding hydrogens is 270 g/mol. The molecule has 0 spiro atoms. The lowest BCUT2D eigenvalue weighted by Gasteiger charge is -2.11. The Hall–Kier alpha value is -2.82. The average Bonchev–Trinajstić information content (AvgIpc) is 2.43. The van der Waals surface area contributed by atoms with Gasteiger partial charge in [-0.1, -0.05) is 30.3 Å². The van der Waals surface area contributed by atoms with Gasteiger partial charge in [-0.2, -0.15) is 0 Å². The quantitative estimate of drug-likeness (QED) is 0.805. The van der Waals surface area contributed by atoms with Gasteiger partial charge in [-0.3, -0.25) is 9.59 Å². The third kappa shape index (κ3) is 3.39. The number of aliphatic carboxylic acids is 1. The highest BCUT2D eigenvalue weighted by atomic mass is 16.4. The third-order valence-corrected chi connectivity index (χ3v) is 3.09. The summed E-state index contributed by atoms with van der Waals surface area (Å²) in [5, 5.41) is 21.4. The van der Waals surface area contributed by atoms with Crippen molar-refractivity contribution in [2.45, 2.75) is 13.3 Å². The zero-order chi connectivity index (χ0) is 15.4. The number of para-hydroxylation sites is 2. The Balaban J connectivity index is 2.28. The molecule has 1 amide bonds. The molecule has 2 rings (SSSR count). The highest BCUT2D eigenvalue weighted by Crippen LogP contribution is 2.23. The Morgan fingerprint density at radius 1 is 1.10 bits per heavy atom. The van der Waals surface area contributed by atoms with Gasteiger partial charge >= 0.3 is 5.97 Å². The second-order valence-corrected chi connectivity index (χ2v) is 4.65. The lowest BCUT2D eigenvalue weighted by Crippen LogP contribution is -2.14. The predicted molar refractivity (Wildman–Crippen MR) is 78.6 cm³/mol. The number of carbonyl (C=O) groups excluding carboxylic acids is 1. The van der Waals surface area contributed by atoms with Crippen molar-refractivity contribution < 1.29 is 19.8 Å². The summed E-state index contributed by atoms with van der Waals surface area (Å²) < 4.78 is 0. The number of aryl methyl sites for hydroxylation is 1. The summed E-state index contributed by atoms with van der Waals surface area (Å²) in [6, 6.07) is 11.6. The average molecular weight is 285 g/mol. The van der Waals surface area contributed by atoms with Gasteiger partial charge in [0.2, 0.25) is 0 Å². The number of hydrogen-bond donors (Lipinski definition) is 3. The summed E-state index contributed by atoms with van der Waals surface area (Å²) in [7, 11) is 0. The molecule has 0 aromatic heterocycles. The second kappa shape index (κ2) is 6.09. The van der Waals surface area contributed by atoms with Crippen LogP contribution in [0.3, 0.4) is 0 Å². The predicted octanol–water partition coefficient (Wildman–Crippen LogP) is 2.58. The van der Waals surface area contributed by atoms with Crippen LogP contribution in [-0.2, 0) is 11.2 Å². The Morgan fingerprint density at radius 2 is 1.81 bits per heavy atom. The number of nitrogens with one attached hydrogen (secondary N) is 1. The van der Waals surface area contributed by atoms with E-state index in [4.69, 9.17) is 5.11 Å². The highest BCUT2D eigenvalue weighted by molar-refractivity contribution is 6.06. The van der Waals surface area contributed by atoms with E-state index in [1.54, 1.807) is 43.3 Å². The third-order valence-electron chi connectivity index (χ3n) is 3.09. The first-order chi connectivity index (χ1) is 9.99. The second-order valence-electron chi connectivity index (χ2n) is 4.65. The van der Waals surface area contributed by atoms with E-state index in [1.165, 1.54) is 6.07 Å². The van der Waals surface area contributed by atoms with Gasteiger partial charge in [-0.25, -0.2) is 0 Å². The molecule has 0 unspecified atom stereocenters. The number of aromatic hydroxyl groups is 1. The van der Waals surface area contributed by atoms with E-state index in [9.17, 15) is 14.7 Å². The minimum absolute atomic E-state index is 0.0780. The zero-order valence-corrected chi connectivity index (χ0v) is 11.5. The van der Waals surface area contributed by atoms with Crippen LogP contribution in [0.4, 0.5) is 5.69 Å². The van der Waals surface area contributed by atoms with Crippen LogP contribution in [0.15, 0.2) is 42.5 Å². The molecular formula is C16H15NO4. The van der Waals surface area contributed by atoms with E-state index in [0.717, 1.165) is 0 Å². The van der Waals surface area contributed by atoms with E-state index in [1.807, 2.05) is 0 Å². The molecule has 0 atom stereocenters. The van der Waals surface area contributed by atoms with Gasteiger partial charge in [-0.15, -0.1) is 0 Å². The van der Waals surface area contributed by atoms with Gasteiger partial charge in [0, 0.05) is 5.69 Å². The fraction of sp³-hybridized carbons (Fsp3) is 0.125. The van der Waals surface area contributed by atoms with Crippen LogP contribution in [0.25, 0.3) is 0 Å². The molecule has 3 N–H and O–H groups in total. The summed E-state index contributed by atoms with van der Waals surface area (Å²) in [4.78, 5) is 23.0. The minimum atomic E-state index is -0.977. The van der Waals surface area contributed by atoms with Crippen molar-refractivity contribution in [1.82, 2.24) is 0 Å². The Labute approximate surface area is 121 Å². The molecule has 0 saturated carbocycles. The van der Waals surface area contributed by atoms with Crippen molar-refractivity contribution in [2.75, 3.05) is 5.32 Å². The maximum atomic E-state index is 12.2. The normalized spacial score (nSPS) is 10.1. The number of carbonyl (C=O) groups is 2. The van der Waals surface area contributed by atoms with Crippen LogP contribution in [0.2, 0.25) is 0 Å². The van der Waals surface area contributed by atoms with E-state index in [0.29, 0.717) is 16.8 Å². The SMILES string of the molecule is Cc1cccc(C(=O)Nc2ccccc2CC(=O)O)c1O. The van der Waals surface area contributed by atoms with Crippen molar-refractivity contribution >= 4 is 17.6 Å². The Bertz CT molecular complexity index is 694. The Morgan fingerprint density at radius 3 is 2.52 bits per heavy atom. The molecule has 108 valence electrons. The van der Waals surface area contributed by atoms with Gasteiger partial charge in [0.25, 0.3) is 5.91 Å². The summed E-state index contributed by atoms with van der Waals surface area (Å²) in [5.41, 5.74) is 1.68. The van der Waals surface area contributed by atoms with Gasteiger partial charge in [0.05, 0.1) is 12.0 Å².